The first-order valence-electron chi connectivity index (χ1n) is 5.66. The number of nitrogens with zero attached hydrogens (tertiary/aromatic N) is 2. The zero-order chi connectivity index (χ0) is 12.2. The summed E-state index contributed by atoms with van der Waals surface area (Å²) in [6.45, 7) is 2.66. The van der Waals surface area contributed by atoms with Gasteiger partial charge in [-0.1, -0.05) is 6.92 Å². The molecule has 0 bridgehead atoms. The first kappa shape index (κ1) is 13.3. The second kappa shape index (κ2) is 5.53. The smallest absolute Gasteiger partial charge is 0.299 e. The molecule has 16 heavy (non-hydrogen) atoms. The number of rotatable bonds is 3. The molecule has 0 radical (unpaired) electrons. The molecule has 1 heterocycles. The molecule has 1 saturated heterocycles. The SMILES string of the molecule is CCC(CC#N)N1CCCC(C(F)(F)F)C1. The lowest BCUT2D eigenvalue weighted by Gasteiger charge is -2.37. The number of hydrogen-bond donors (Lipinski definition) is 0. The van der Waals surface area contributed by atoms with Gasteiger partial charge in [0.25, 0.3) is 0 Å². The fourth-order valence-corrected chi connectivity index (χ4v) is 2.24. The van der Waals surface area contributed by atoms with Crippen LogP contribution in [0.1, 0.15) is 32.6 Å². The zero-order valence-corrected chi connectivity index (χ0v) is 9.43. The lowest BCUT2D eigenvalue weighted by Crippen LogP contribution is -2.46. The summed E-state index contributed by atoms with van der Waals surface area (Å²) in [6, 6.07) is 2.03. The molecule has 1 fully saturated rings. The molecule has 1 aliphatic heterocycles. The average Bonchev–Trinajstić information content (AvgIpc) is 2.25. The van der Waals surface area contributed by atoms with Crippen LogP contribution in [0.15, 0.2) is 0 Å². The van der Waals surface area contributed by atoms with E-state index >= 15 is 0 Å². The van der Waals surface area contributed by atoms with Crippen molar-refractivity contribution in [3.05, 3.63) is 0 Å². The van der Waals surface area contributed by atoms with Gasteiger partial charge in [0.2, 0.25) is 0 Å². The molecule has 0 spiro atoms. The van der Waals surface area contributed by atoms with Crippen LogP contribution in [0, 0.1) is 17.2 Å². The molecule has 1 rings (SSSR count). The van der Waals surface area contributed by atoms with Crippen molar-refractivity contribution in [1.29, 1.82) is 5.26 Å². The highest BCUT2D eigenvalue weighted by molar-refractivity contribution is 4.86. The Morgan fingerprint density at radius 1 is 1.50 bits per heavy atom. The summed E-state index contributed by atoms with van der Waals surface area (Å²) < 4.78 is 37.7. The van der Waals surface area contributed by atoms with E-state index < -0.39 is 12.1 Å². The summed E-state index contributed by atoms with van der Waals surface area (Å²) in [6.07, 6.45) is -2.24. The first-order chi connectivity index (χ1) is 7.49. The largest absolute Gasteiger partial charge is 0.393 e. The Labute approximate surface area is 94.0 Å². The minimum atomic E-state index is -4.09. The summed E-state index contributed by atoms with van der Waals surface area (Å²) in [5.41, 5.74) is 0. The standard InChI is InChI=1S/C11H17F3N2/c1-2-10(5-6-15)16-7-3-4-9(8-16)11(12,13)14/h9-10H,2-5,7-8H2,1H3. The maximum Gasteiger partial charge on any atom is 0.393 e. The van der Waals surface area contributed by atoms with Crippen LogP contribution in [-0.4, -0.2) is 30.2 Å². The van der Waals surface area contributed by atoms with Crippen LogP contribution < -0.4 is 0 Å². The number of halogens is 3. The van der Waals surface area contributed by atoms with Gasteiger partial charge in [-0.2, -0.15) is 18.4 Å². The van der Waals surface area contributed by atoms with Gasteiger partial charge in [0.05, 0.1) is 18.4 Å². The van der Waals surface area contributed by atoms with Gasteiger partial charge in [0.15, 0.2) is 0 Å². The second-order valence-corrected chi connectivity index (χ2v) is 4.30. The first-order valence-corrected chi connectivity index (χ1v) is 5.66. The van der Waals surface area contributed by atoms with Gasteiger partial charge in [-0.25, -0.2) is 0 Å². The summed E-state index contributed by atoms with van der Waals surface area (Å²) in [5, 5.41) is 8.63. The third kappa shape index (κ3) is 3.38. The van der Waals surface area contributed by atoms with E-state index in [1.165, 1.54) is 0 Å². The second-order valence-electron chi connectivity index (χ2n) is 4.30. The monoisotopic (exact) mass is 234 g/mol. The molecular formula is C11H17F3N2. The maximum absolute atomic E-state index is 12.6. The van der Waals surface area contributed by atoms with Crippen molar-refractivity contribution in [2.45, 2.75) is 44.8 Å². The van der Waals surface area contributed by atoms with E-state index in [1.54, 1.807) is 0 Å². The van der Waals surface area contributed by atoms with E-state index in [-0.39, 0.29) is 19.0 Å². The van der Waals surface area contributed by atoms with E-state index in [2.05, 4.69) is 0 Å². The Bertz CT molecular complexity index is 257. The van der Waals surface area contributed by atoms with Crippen molar-refractivity contribution in [3.63, 3.8) is 0 Å². The summed E-state index contributed by atoms with van der Waals surface area (Å²) in [7, 11) is 0. The van der Waals surface area contributed by atoms with Crippen molar-refractivity contribution in [1.82, 2.24) is 4.90 Å². The summed E-state index contributed by atoms with van der Waals surface area (Å²) >= 11 is 0. The van der Waals surface area contributed by atoms with Crippen molar-refractivity contribution in [3.8, 4) is 6.07 Å². The van der Waals surface area contributed by atoms with Gasteiger partial charge in [-0.15, -0.1) is 0 Å². The maximum atomic E-state index is 12.6. The minimum absolute atomic E-state index is 0.0184. The Balaban J connectivity index is 2.59. The van der Waals surface area contributed by atoms with Crippen molar-refractivity contribution in [2.75, 3.05) is 13.1 Å². The highest BCUT2D eigenvalue weighted by atomic mass is 19.4. The molecule has 2 unspecified atom stereocenters. The molecule has 0 saturated carbocycles. The van der Waals surface area contributed by atoms with Gasteiger partial charge >= 0.3 is 6.18 Å². The molecule has 0 aromatic carbocycles. The number of nitriles is 1. The van der Waals surface area contributed by atoms with Crippen molar-refractivity contribution >= 4 is 0 Å². The zero-order valence-electron chi connectivity index (χ0n) is 9.43. The van der Waals surface area contributed by atoms with E-state index in [4.69, 9.17) is 5.26 Å². The Morgan fingerprint density at radius 3 is 2.69 bits per heavy atom. The highest BCUT2D eigenvalue weighted by Crippen LogP contribution is 2.34. The average molecular weight is 234 g/mol. The molecule has 5 heteroatoms. The van der Waals surface area contributed by atoms with Crippen LogP contribution in [0.4, 0.5) is 13.2 Å². The number of alkyl halides is 3. The molecule has 0 N–H and O–H groups in total. The van der Waals surface area contributed by atoms with Crippen LogP contribution in [0.2, 0.25) is 0 Å². The number of hydrogen-bond acceptors (Lipinski definition) is 2. The highest BCUT2D eigenvalue weighted by Gasteiger charge is 2.42. The third-order valence-electron chi connectivity index (χ3n) is 3.23. The van der Waals surface area contributed by atoms with Crippen LogP contribution >= 0.6 is 0 Å². The Morgan fingerprint density at radius 2 is 2.19 bits per heavy atom. The van der Waals surface area contributed by atoms with Crippen LogP contribution in [-0.2, 0) is 0 Å². The molecule has 0 aliphatic carbocycles. The van der Waals surface area contributed by atoms with Gasteiger partial charge in [-0.3, -0.25) is 4.90 Å². The Hall–Kier alpha value is -0.760. The van der Waals surface area contributed by atoms with E-state index in [9.17, 15) is 13.2 Å². The van der Waals surface area contributed by atoms with E-state index in [0.29, 0.717) is 19.4 Å². The van der Waals surface area contributed by atoms with Gasteiger partial charge in [0.1, 0.15) is 0 Å². The molecule has 2 atom stereocenters. The molecule has 2 nitrogen and oxygen atoms in total. The molecule has 92 valence electrons. The van der Waals surface area contributed by atoms with Gasteiger partial charge in [-0.05, 0) is 25.8 Å². The van der Waals surface area contributed by atoms with Gasteiger partial charge in [0, 0.05) is 12.6 Å². The molecule has 0 aromatic heterocycles. The summed E-state index contributed by atoms with van der Waals surface area (Å²) in [4.78, 5) is 1.82. The Kier molecular flexibility index (Phi) is 4.60. The predicted octanol–water partition coefficient (Wildman–Crippen LogP) is 2.95. The van der Waals surface area contributed by atoms with E-state index in [0.717, 1.165) is 6.42 Å². The quantitative estimate of drug-likeness (QED) is 0.750. The minimum Gasteiger partial charge on any atom is -0.299 e. The molecule has 0 amide bonds. The molecule has 0 aromatic rings. The van der Waals surface area contributed by atoms with Crippen molar-refractivity contribution in [2.24, 2.45) is 5.92 Å². The fraction of sp³-hybridized carbons (Fsp3) is 0.909. The molecular weight excluding hydrogens is 217 g/mol. The van der Waals surface area contributed by atoms with Gasteiger partial charge < -0.3 is 0 Å². The van der Waals surface area contributed by atoms with Crippen molar-refractivity contribution < 1.29 is 13.2 Å². The summed E-state index contributed by atoms with van der Waals surface area (Å²) in [5.74, 6) is -1.21. The van der Waals surface area contributed by atoms with Crippen LogP contribution in [0.3, 0.4) is 0 Å². The fourth-order valence-electron chi connectivity index (χ4n) is 2.24. The number of likely N-dealkylation sites (tertiary alicyclic amines) is 1. The molecule has 1 aliphatic rings. The number of piperidine rings is 1. The topological polar surface area (TPSA) is 27.0 Å². The third-order valence-corrected chi connectivity index (χ3v) is 3.23. The lowest BCUT2D eigenvalue weighted by molar-refractivity contribution is -0.188. The van der Waals surface area contributed by atoms with E-state index in [1.807, 2.05) is 17.9 Å². The predicted molar refractivity (Wildman–Crippen MR) is 54.7 cm³/mol. The normalized spacial score (nSPS) is 25.1. The lowest BCUT2D eigenvalue weighted by atomic mass is 9.95. The van der Waals surface area contributed by atoms with Crippen LogP contribution in [0.25, 0.3) is 0 Å². The van der Waals surface area contributed by atoms with Crippen LogP contribution in [0.5, 0.6) is 0 Å².